The highest BCUT2D eigenvalue weighted by Crippen LogP contribution is 2.23. The maximum Gasteiger partial charge on any atom is 0.137 e. The van der Waals surface area contributed by atoms with Crippen LogP contribution in [0.5, 0.6) is 0 Å². The van der Waals surface area contributed by atoms with Gasteiger partial charge in [0.25, 0.3) is 0 Å². The lowest BCUT2D eigenvalue weighted by atomic mass is 10.2. The third-order valence-corrected chi connectivity index (χ3v) is 2.74. The van der Waals surface area contributed by atoms with Crippen molar-refractivity contribution in [2.45, 2.75) is 34.1 Å². The third kappa shape index (κ3) is 3.57. The fraction of sp³-hybridized carbons (Fsp3) is 0.692. The van der Waals surface area contributed by atoms with Crippen molar-refractivity contribution in [2.24, 2.45) is 0 Å². The fourth-order valence-electron chi connectivity index (χ4n) is 1.98. The van der Waals surface area contributed by atoms with Gasteiger partial charge in [-0.3, -0.25) is 0 Å². The van der Waals surface area contributed by atoms with Gasteiger partial charge in [0.1, 0.15) is 17.5 Å². The van der Waals surface area contributed by atoms with E-state index in [1.807, 2.05) is 20.8 Å². The summed E-state index contributed by atoms with van der Waals surface area (Å²) in [5, 5.41) is 12.4. The Balaban J connectivity index is 3.11. The van der Waals surface area contributed by atoms with Crippen LogP contribution >= 0.6 is 0 Å². The number of hydrogen-bond donors (Lipinski definition) is 2. The highest BCUT2D eigenvalue weighted by molar-refractivity contribution is 5.58. The van der Waals surface area contributed by atoms with E-state index in [4.69, 9.17) is 5.11 Å². The molecule has 18 heavy (non-hydrogen) atoms. The minimum atomic E-state index is 0.138. The molecule has 2 N–H and O–H groups in total. The summed E-state index contributed by atoms with van der Waals surface area (Å²) in [5.74, 6) is 2.57. The lowest BCUT2D eigenvalue weighted by Gasteiger charge is -2.25. The summed E-state index contributed by atoms with van der Waals surface area (Å²) in [5.41, 5.74) is 1.05. The number of aliphatic hydroxyl groups is 1. The number of aliphatic hydroxyl groups excluding tert-OH is 1. The van der Waals surface area contributed by atoms with Crippen molar-refractivity contribution in [3.63, 3.8) is 0 Å². The van der Waals surface area contributed by atoms with Crippen LogP contribution in [0.2, 0.25) is 0 Å². The topological polar surface area (TPSA) is 61.3 Å². The van der Waals surface area contributed by atoms with Crippen LogP contribution in [0.15, 0.2) is 0 Å². The van der Waals surface area contributed by atoms with E-state index >= 15 is 0 Å². The lowest BCUT2D eigenvalue weighted by Crippen LogP contribution is -2.29. The SMILES string of the molecule is CCCN(CCO)c1nc(C)nc(NCC)c1C. The van der Waals surface area contributed by atoms with Gasteiger partial charge in [0.2, 0.25) is 0 Å². The zero-order valence-corrected chi connectivity index (χ0v) is 11.8. The van der Waals surface area contributed by atoms with Crippen LogP contribution in [0, 0.1) is 13.8 Å². The Morgan fingerprint density at radius 3 is 2.44 bits per heavy atom. The Labute approximate surface area is 109 Å². The van der Waals surface area contributed by atoms with Crippen molar-refractivity contribution >= 4 is 11.6 Å². The Bertz CT molecular complexity index is 375. The van der Waals surface area contributed by atoms with Gasteiger partial charge in [0.15, 0.2) is 0 Å². The van der Waals surface area contributed by atoms with Gasteiger partial charge in [0, 0.05) is 25.2 Å². The Morgan fingerprint density at radius 2 is 1.89 bits per heavy atom. The monoisotopic (exact) mass is 252 g/mol. The van der Waals surface area contributed by atoms with E-state index < -0.39 is 0 Å². The number of anilines is 2. The molecule has 0 aliphatic rings. The average Bonchev–Trinajstić information content (AvgIpc) is 2.33. The van der Waals surface area contributed by atoms with Crippen LogP contribution in [0.4, 0.5) is 11.6 Å². The highest BCUT2D eigenvalue weighted by Gasteiger charge is 2.14. The predicted octanol–water partition coefficient (Wildman–Crippen LogP) is 1.73. The van der Waals surface area contributed by atoms with Gasteiger partial charge >= 0.3 is 0 Å². The Morgan fingerprint density at radius 1 is 1.17 bits per heavy atom. The summed E-state index contributed by atoms with van der Waals surface area (Å²) in [4.78, 5) is 11.0. The summed E-state index contributed by atoms with van der Waals surface area (Å²) in [6, 6.07) is 0. The molecular formula is C13H24N4O. The van der Waals surface area contributed by atoms with Gasteiger partial charge in [-0.25, -0.2) is 9.97 Å². The van der Waals surface area contributed by atoms with E-state index in [0.29, 0.717) is 6.54 Å². The quantitative estimate of drug-likeness (QED) is 0.774. The van der Waals surface area contributed by atoms with E-state index in [0.717, 1.165) is 42.5 Å². The first-order valence-corrected chi connectivity index (χ1v) is 6.58. The summed E-state index contributed by atoms with van der Waals surface area (Å²) in [6.07, 6.45) is 1.03. The van der Waals surface area contributed by atoms with Crippen molar-refractivity contribution in [2.75, 3.05) is 36.5 Å². The maximum absolute atomic E-state index is 9.16. The van der Waals surface area contributed by atoms with Gasteiger partial charge in [0.05, 0.1) is 6.61 Å². The normalized spacial score (nSPS) is 10.5. The predicted molar refractivity (Wildman–Crippen MR) is 75.3 cm³/mol. The first-order chi connectivity index (χ1) is 8.63. The smallest absolute Gasteiger partial charge is 0.137 e. The van der Waals surface area contributed by atoms with Crippen LogP contribution in [-0.4, -0.2) is 41.3 Å². The molecule has 1 aromatic rings. The van der Waals surface area contributed by atoms with Gasteiger partial charge in [-0.2, -0.15) is 0 Å². The molecule has 0 aliphatic carbocycles. The maximum atomic E-state index is 9.16. The number of aromatic nitrogens is 2. The van der Waals surface area contributed by atoms with Crippen LogP contribution in [-0.2, 0) is 0 Å². The van der Waals surface area contributed by atoms with Crippen LogP contribution in [0.25, 0.3) is 0 Å². The van der Waals surface area contributed by atoms with E-state index in [2.05, 4.69) is 27.1 Å². The molecular weight excluding hydrogens is 228 g/mol. The molecule has 0 saturated carbocycles. The van der Waals surface area contributed by atoms with Crippen molar-refractivity contribution in [3.8, 4) is 0 Å². The summed E-state index contributed by atoms with van der Waals surface area (Å²) in [7, 11) is 0. The lowest BCUT2D eigenvalue weighted by molar-refractivity contribution is 0.301. The average molecular weight is 252 g/mol. The van der Waals surface area contributed by atoms with E-state index in [9.17, 15) is 0 Å². The molecule has 0 atom stereocenters. The molecule has 1 aromatic heterocycles. The van der Waals surface area contributed by atoms with Crippen LogP contribution in [0.3, 0.4) is 0 Å². The number of rotatable bonds is 7. The second-order valence-electron chi connectivity index (χ2n) is 4.31. The minimum Gasteiger partial charge on any atom is -0.395 e. The van der Waals surface area contributed by atoms with Crippen LogP contribution < -0.4 is 10.2 Å². The zero-order chi connectivity index (χ0) is 13.5. The number of nitrogens with zero attached hydrogens (tertiary/aromatic N) is 3. The molecule has 0 bridgehead atoms. The van der Waals surface area contributed by atoms with Gasteiger partial charge in [-0.15, -0.1) is 0 Å². The van der Waals surface area contributed by atoms with Gasteiger partial charge in [-0.05, 0) is 27.2 Å². The van der Waals surface area contributed by atoms with Gasteiger partial charge < -0.3 is 15.3 Å². The molecule has 5 heteroatoms. The molecule has 1 rings (SSSR count). The van der Waals surface area contributed by atoms with Crippen molar-refractivity contribution in [1.29, 1.82) is 0 Å². The van der Waals surface area contributed by atoms with Crippen molar-refractivity contribution in [3.05, 3.63) is 11.4 Å². The second kappa shape index (κ2) is 7.16. The molecule has 0 aromatic carbocycles. The minimum absolute atomic E-state index is 0.138. The number of nitrogens with one attached hydrogen (secondary N) is 1. The fourth-order valence-corrected chi connectivity index (χ4v) is 1.98. The van der Waals surface area contributed by atoms with Crippen LogP contribution in [0.1, 0.15) is 31.7 Å². The second-order valence-corrected chi connectivity index (χ2v) is 4.31. The van der Waals surface area contributed by atoms with E-state index in [1.165, 1.54) is 0 Å². The third-order valence-electron chi connectivity index (χ3n) is 2.74. The van der Waals surface area contributed by atoms with Crippen molar-refractivity contribution in [1.82, 2.24) is 9.97 Å². The molecule has 102 valence electrons. The highest BCUT2D eigenvalue weighted by atomic mass is 16.3. The molecule has 0 aliphatic heterocycles. The summed E-state index contributed by atoms with van der Waals surface area (Å²) in [6.45, 7) is 10.6. The summed E-state index contributed by atoms with van der Waals surface area (Å²) >= 11 is 0. The molecule has 0 fully saturated rings. The molecule has 1 heterocycles. The summed E-state index contributed by atoms with van der Waals surface area (Å²) < 4.78 is 0. The largest absolute Gasteiger partial charge is 0.395 e. The molecule has 0 spiro atoms. The first-order valence-electron chi connectivity index (χ1n) is 6.58. The molecule has 0 unspecified atom stereocenters. The molecule has 0 saturated heterocycles. The zero-order valence-electron chi connectivity index (χ0n) is 11.8. The molecule has 0 amide bonds. The first kappa shape index (κ1) is 14.7. The number of aryl methyl sites for hydroxylation is 1. The van der Waals surface area contributed by atoms with E-state index in [1.54, 1.807) is 0 Å². The van der Waals surface area contributed by atoms with Gasteiger partial charge in [-0.1, -0.05) is 6.92 Å². The molecule has 0 radical (unpaired) electrons. The molecule has 5 nitrogen and oxygen atoms in total. The van der Waals surface area contributed by atoms with E-state index in [-0.39, 0.29) is 6.61 Å². The Hall–Kier alpha value is -1.36. The Kier molecular flexibility index (Phi) is 5.85. The van der Waals surface area contributed by atoms with Crippen molar-refractivity contribution < 1.29 is 5.11 Å². The number of hydrogen-bond acceptors (Lipinski definition) is 5. The standard InChI is InChI=1S/C13H24N4O/c1-5-7-17(8-9-18)13-10(3)12(14-6-2)15-11(4)16-13/h18H,5-9H2,1-4H3,(H,14,15,16).